The van der Waals surface area contributed by atoms with Crippen molar-refractivity contribution in [3.8, 4) is 0 Å². The van der Waals surface area contributed by atoms with Crippen molar-refractivity contribution in [3.63, 3.8) is 0 Å². The van der Waals surface area contributed by atoms with Crippen LogP contribution in [0.25, 0.3) is 10.9 Å². The summed E-state index contributed by atoms with van der Waals surface area (Å²) in [5.41, 5.74) is 2.36. The van der Waals surface area contributed by atoms with E-state index in [1.807, 2.05) is 6.07 Å². The molecule has 1 amide bonds. The van der Waals surface area contributed by atoms with Crippen LogP contribution in [0, 0.1) is 0 Å². The lowest BCUT2D eigenvalue weighted by molar-refractivity contribution is -0.128. The van der Waals surface area contributed by atoms with Crippen LogP contribution in [0.3, 0.4) is 0 Å². The molecule has 1 aliphatic heterocycles. The molecular weight excluding hydrogens is 318 g/mol. The van der Waals surface area contributed by atoms with Crippen molar-refractivity contribution in [2.75, 3.05) is 18.8 Å². The molecule has 0 bridgehead atoms. The average molecular weight is 346 g/mol. The molecule has 1 N–H and O–H groups in total. The van der Waals surface area contributed by atoms with Gasteiger partial charge in [0.15, 0.2) is 0 Å². The first-order chi connectivity index (χ1) is 11.5. The lowest BCUT2D eigenvalue weighted by Gasteiger charge is -2.33. The lowest BCUT2D eigenvalue weighted by Crippen LogP contribution is -2.43. The number of para-hydroxylation sites is 1. The predicted octanol–water partition coefficient (Wildman–Crippen LogP) is 3.86. The van der Waals surface area contributed by atoms with E-state index >= 15 is 0 Å². The molecule has 2 heterocycles. The van der Waals surface area contributed by atoms with Gasteiger partial charge in [-0.05, 0) is 33.8 Å². The van der Waals surface area contributed by atoms with Gasteiger partial charge in [0.05, 0.1) is 5.75 Å². The van der Waals surface area contributed by atoms with Gasteiger partial charge in [-0.25, -0.2) is 0 Å². The van der Waals surface area contributed by atoms with Crippen LogP contribution in [-0.2, 0) is 4.79 Å². The molecule has 1 aromatic heterocycles. The Bertz CT molecular complexity index is 701. The normalized spacial score (nSPS) is 18.7. The number of amides is 1. The highest BCUT2D eigenvalue weighted by Crippen LogP contribution is 2.41. The number of thioether (sulfide) groups is 1. The van der Waals surface area contributed by atoms with Crippen LogP contribution in [0.5, 0.6) is 0 Å². The fraction of sp³-hybridized carbons (Fsp3) is 0.526. The SMILES string of the molecule is CC(C)N(CCN1C(=O)CSC1c1c[nH]c2ccccc12)C(C)C. The fourth-order valence-electron chi connectivity index (χ4n) is 3.59. The number of hydrogen-bond donors (Lipinski definition) is 1. The second kappa shape index (κ2) is 7.19. The van der Waals surface area contributed by atoms with E-state index in [4.69, 9.17) is 0 Å². The summed E-state index contributed by atoms with van der Waals surface area (Å²) >= 11 is 1.74. The van der Waals surface area contributed by atoms with E-state index < -0.39 is 0 Å². The fourth-order valence-corrected chi connectivity index (χ4v) is 4.83. The smallest absolute Gasteiger partial charge is 0.233 e. The molecule has 1 fully saturated rings. The maximum Gasteiger partial charge on any atom is 0.233 e. The Labute approximate surface area is 148 Å². The molecule has 130 valence electrons. The predicted molar refractivity (Wildman–Crippen MR) is 102 cm³/mol. The number of aromatic nitrogens is 1. The molecule has 0 radical (unpaired) electrons. The second-order valence-corrected chi connectivity index (χ2v) is 8.03. The van der Waals surface area contributed by atoms with E-state index in [-0.39, 0.29) is 11.3 Å². The van der Waals surface area contributed by atoms with Gasteiger partial charge >= 0.3 is 0 Å². The first-order valence-corrected chi connectivity index (χ1v) is 9.76. The van der Waals surface area contributed by atoms with Crippen LogP contribution in [0.1, 0.15) is 38.6 Å². The zero-order chi connectivity index (χ0) is 17.3. The van der Waals surface area contributed by atoms with E-state index in [1.54, 1.807) is 11.8 Å². The van der Waals surface area contributed by atoms with Crippen molar-refractivity contribution in [2.24, 2.45) is 0 Å². The Morgan fingerprint density at radius 2 is 1.96 bits per heavy atom. The number of aromatic amines is 1. The van der Waals surface area contributed by atoms with Crippen molar-refractivity contribution >= 4 is 28.6 Å². The first-order valence-electron chi connectivity index (χ1n) is 8.72. The molecule has 2 aromatic rings. The summed E-state index contributed by atoms with van der Waals surface area (Å²) in [4.78, 5) is 20.3. The molecule has 0 aliphatic carbocycles. The molecule has 1 unspecified atom stereocenters. The largest absolute Gasteiger partial charge is 0.361 e. The summed E-state index contributed by atoms with van der Waals surface area (Å²) in [5, 5.41) is 1.34. The lowest BCUT2D eigenvalue weighted by atomic mass is 10.1. The minimum absolute atomic E-state index is 0.120. The third-order valence-electron chi connectivity index (χ3n) is 4.78. The topological polar surface area (TPSA) is 39.3 Å². The number of nitrogens with one attached hydrogen (secondary N) is 1. The summed E-state index contributed by atoms with van der Waals surface area (Å²) < 4.78 is 0. The second-order valence-electron chi connectivity index (χ2n) is 6.97. The van der Waals surface area contributed by atoms with Crippen LogP contribution >= 0.6 is 11.8 Å². The van der Waals surface area contributed by atoms with Gasteiger partial charge < -0.3 is 9.88 Å². The van der Waals surface area contributed by atoms with E-state index in [0.29, 0.717) is 17.8 Å². The van der Waals surface area contributed by atoms with Gasteiger partial charge in [-0.15, -0.1) is 11.8 Å². The Balaban J connectivity index is 1.80. The minimum Gasteiger partial charge on any atom is -0.361 e. The number of rotatable bonds is 6. The van der Waals surface area contributed by atoms with Gasteiger partial charge in [0.1, 0.15) is 5.37 Å². The number of hydrogen-bond acceptors (Lipinski definition) is 3. The highest BCUT2D eigenvalue weighted by Gasteiger charge is 2.34. The standard InChI is InChI=1S/C19H27N3OS/c1-13(2)21(14(3)4)9-10-22-18(23)12-24-19(22)16-11-20-17-8-6-5-7-15(16)17/h5-8,11,13-14,19-20H,9-10,12H2,1-4H3. The quantitative estimate of drug-likeness (QED) is 0.864. The molecule has 5 heteroatoms. The van der Waals surface area contributed by atoms with Crippen molar-refractivity contribution in [1.29, 1.82) is 0 Å². The van der Waals surface area contributed by atoms with Crippen LogP contribution < -0.4 is 0 Å². The number of fused-ring (bicyclic) bond motifs is 1. The van der Waals surface area contributed by atoms with Crippen LogP contribution in [0.2, 0.25) is 0 Å². The van der Waals surface area contributed by atoms with Crippen LogP contribution in [0.4, 0.5) is 0 Å². The molecule has 3 rings (SSSR count). The molecule has 1 aromatic carbocycles. The van der Waals surface area contributed by atoms with Gasteiger partial charge in [-0.3, -0.25) is 9.69 Å². The Morgan fingerprint density at radius 1 is 1.25 bits per heavy atom. The number of carbonyl (C=O) groups excluding carboxylic acids is 1. The number of H-pyrrole nitrogens is 1. The van der Waals surface area contributed by atoms with Gasteiger partial charge in [0.2, 0.25) is 5.91 Å². The van der Waals surface area contributed by atoms with E-state index in [2.05, 4.69) is 66.9 Å². The van der Waals surface area contributed by atoms with Gasteiger partial charge in [0, 0.05) is 47.8 Å². The third-order valence-corrected chi connectivity index (χ3v) is 6.02. The molecular formula is C19H27N3OS. The Kier molecular flexibility index (Phi) is 5.21. The summed E-state index contributed by atoms with van der Waals surface area (Å²) in [6, 6.07) is 9.30. The van der Waals surface area contributed by atoms with Crippen molar-refractivity contribution in [3.05, 3.63) is 36.0 Å². The van der Waals surface area contributed by atoms with Crippen molar-refractivity contribution < 1.29 is 4.79 Å². The third kappa shape index (κ3) is 3.33. The molecule has 24 heavy (non-hydrogen) atoms. The van der Waals surface area contributed by atoms with Crippen molar-refractivity contribution in [1.82, 2.24) is 14.8 Å². The molecule has 0 spiro atoms. The van der Waals surface area contributed by atoms with Gasteiger partial charge in [0.25, 0.3) is 0 Å². The number of nitrogens with zero attached hydrogens (tertiary/aromatic N) is 2. The van der Waals surface area contributed by atoms with Gasteiger partial charge in [-0.2, -0.15) is 0 Å². The van der Waals surface area contributed by atoms with E-state index in [0.717, 1.165) is 18.6 Å². The average Bonchev–Trinajstić information content (AvgIpc) is 3.11. The van der Waals surface area contributed by atoms with E-state index in [1.165, 1.54) is 10.9 Å². The number of benzene rings is 1. The highest BCUT2D eigenvalue weighted by molar-refractivity contribution is 8.00. The summed E-state index contributed by atoms with van der Waals surface area (Å²) in [6.45, 7) is 10.6. The summed E-state index contributed by atoms with van der Waals surface area (Å²) in [7, 11) is 0. The van der Waals surface area contributed by atoms with Crippen molar-refractivity contribution in [2.45, 2.75) is 45.2 Å². The maximum atomic E-state index is 12.4. The molecule has 0 saturated carbocycles. The summed E-state index contributed by atoms with van der Waals surface area (Å²) in [6.07, 6.45) is 2.07. The van der Waals surface area contributed by atoms with E-state index in [9.17, 15) is 4.79 Å². The van der Waals surface area contributed by atoms with Crippen LogP contribution in [-0.4, -0.2) is 51.6 Å². The zero-order valence-electron chi connectivity index (χ0n) is 15.0. The molecule has 1 atom stereocenters. The molecule has 4 nitrogen and oxygen atoms in total. The minimum atomic E-state index is 0.120. The maximum absolute atomic E-state index is 12.4. The first kappa shape index (κ1) is 17.4. The molecule has 1 aliphatic rings. The Hall–Kier alpha value is -1.46. The zero-order valence-corrected chi connectivity index (χ0v) is 15.8. The monoisotopic (exact) mass is 345 g/mol. The molecule has 1 saturated heterocycles. The summed E-state index contributed by atoms with van der Waals surface area (Å²) in [5.74, 6) is 0.829. The van der Waals surface area contributed by atoms with Gasteiger partial charge in [-0.1, -0.05) is 18.2 Å². The number of carbonyl (C=O) groups is 1. The Morgan fingerprint density at radius 3 is 2.67 bits per heavy atom. The highest BCUT2D eigenvalue weighted by atomic mass is 32.2. The van der Waals surface area contributed by atoms with Crippen LogP contribution in [0.15, 0.2) is 30.5 Å².